The van der Waals surface area contributed by atoms with Gasteiger partial charge < -0.3 is 20.9 Å². The summed E-state index contributed by atoms with van der Waals surface area (Å²) in [5.74, 6) is 0.953. The van der Waals surface area contributed by atoms with Crippen molar-refractivity contribution < 1.29 is 9.59 Å². The first kappa shape index (κ1) is 26.9. The molecule has 2 fully saturated rings. The lowest BCUT2D eigenvalue weighted by Crippen LogP contribution is -2.33. The molecule has 0 spiro atoms. The third-order valence-corrected chi connectivity index (χ3v) is 7.79. The molecule has 0 radical (unpaired) electrons. The number of hydrogen-bond acceptors (Lipinski definition) is 5. The van der Waals surface area contributed by atoms with Gasteiger partial charge in [0.25, 0.3) is 5.91 Å². The van der Waals surface area contributed by atoms with Gasteiger partial charge in [0.05, 0.1) is 16.9 Å². The molecule has 3 N–H and O–H groups in total. The van der Waals surface area contributed by atoms with E-state index in [1.54, 1.807) is 24.5 Å². The van der Waals surface area contributed by atoms with Crippen molar-refractivity contribution in [3.8, 4) is 11.1 Å². The Hall–Kier alpha value is -3.71. The van der Waals surface area contributed by atoms with Crippen LogP contribution in [-0.4, -0.2) is 47.9 Å². The molecular weight excluding hydrogens is 486 g/mol. The van der Waals surface area contributed by atoms with Crippen molar-refractivity contribution in [1.82, 2.24) is 9.88 Å². The molecule has 1 saturated carbocycles. The number of aromatic nitrogens is 1. The number of hydrogen-bond donors (Lipinski definition) is 2. The Kier molecular flexibility index (Phi) is 8.57. The van der Waals surface area contributed by atoms with Crippen LogP contribution in [0.1, 0.15) is 54.9 Å². The number of rotatable bonds is 10. The summed E-state index contributed by atoms with van der Waals surface area (Å²) in [5.41, 5.74) is 11.5. The molecule has 2 aliphatic rings. The van der Waals surface area contributed by atoms with E-state index in [1.807, 2.05) is 11.0 Å². The molecule has 39 heavy (non-hydrogen) atoms. The molecule has 7 heteroatoms. The van der Waals surface area contributed by atoms with Gasteiger partial charge in [0, 0.05) is 44.5 Å². The standard InChI is InChI=1S/C32H39N5O2/c1-23-12-17-36(18-13-23)30-11-10-27(20-29(30)35-31(38)25-8-9-25)26-6-2-5-24(19-26)22-37(16-4-14-33)32(39)28-7-3-15-34-21-28/h2-3,5-7,10-11,15,19-21,23,25H,4,8-9,12-14,16-18,22,33H2,1H3,(H,35,38). The third-order valence-electron chi connectivity index (χ3n) is 7.79. The number of benzene rings is 2. The second-order valence-electron chi connectivity index (χ2n) is 11.0. The summed E-state index contributed by atoms with van der Waals surface area (Å²) in [5, 5.41) is 3.24. The van der Waals surface area contributed by atoms with Gasteiger partial charge in [0.1, 0.15) is 0 Å². The van der Waals surface area contributed by atoms with E-state index in [0.29, 0.717) is 25.2 Å². The summed E-state index contributed by atoms with van der Waals surface area (Å²) in [7, 11) is 0. The second-order valence-corrected chi connectivity index (χ2v) is 11.0. The number of amides is 2. The number of piperidine rings is 1. The average molecular weight is 526 g/mol. The van der Waals surface area contributed by atoms with Crippen LogP contribution in [0.25, 0.3) is 11.1 Å². The van der Waals surface area contributed by atoms with Crippen LogP contribution in [0, 0.1) is 11.8 Å². The van der Waals surface area contributed by atoms with Crippen molar-refractivity contribution in [2.24, 2.45) is 17.6 Å². The highest BCUT2D eigenvalue weighted by molar-refractivity contribution is 5.98. The van der Waals surface area contributed by atoms with Crippen molar-refractivity contribution in [3.63, 3.8) is 0 Å². The van der Waals surface area contributed by atoms with Crippen LogP contribution in [0.3, 0.4) is 0 Å². The van der Waals surface area contributed by atoms with Crippen LogP contribution >= 0.6 is 0 Å². The van der Waals surface area contributed by atoms with E-state index in [2.05, 4.69) is 58.5 Å². The largest absolute Gasteiger partial charge is 0.370 e. The summed E-state index contributed by atoms with van der Waals surface area (Å²) in [6.45, 7) is 5.91. The maximum absolute atomic E-state index is 13.2. The Morgan fingerprint density at radius 3 is 2.54 bits per heavy atom. The summed E-state index contributed by atoms with van der Waals surface area (Å²) in [6, 6.07) is 18.3. The monoisotopic (exact) mass is 525 g/mol. The highest BCUT2D eigenvalue weighted by Crippen LogP contribution is 2.36. The van der Waals surface area contributed by atoms with Crippen molar-refractivity contribution in [2.45, 2.75) is 45.6 Å². The van der Waals surface area contributed by atoms with E-state index < -0.39 is 0 Å². The molecule has 0 bridgehead atoms. The Labute approximate surface area is 231 Å². The maximum Gasteiger partial charge on any atom is 0.255 e. The van der Waals surface area contributed by atoms with Gasteiger partial charge in [-0.25, -0.2) is 0 Å². The first-order valence-electron chi connectivity index (χ1n) is 14.2. The zero-order valence-electron chi connectivity index (χ0n) is 22.8. The van der Waals surface area contributed by atoms with E-state index in [-0.39, 0.29) is 17.7 Å². The zero-order valence-corrected chi connectivity index (χ0v) is 22.8. The van der Waals surface area contributed by atoms with Crippen molar-refractivity contribution in [1.29, 1.82) is 0 Å². The summed E-state index contributed by atoms with van der Waals surface area (Å²) >= 11 is 0. The van der Waals surface area contributed by atoms with Crippen LogP contribution in [-0.2, 0) is 11.3 Å². The van der Waals surface area contributed by atoms with E-state index in [4.69, 9.17) is 5.73 Å². The number of nitrogens with two attached hydrogens (primary N) is 1. The van der Waals surface area contributed by atoms with Gasteiger partial charge in [0.2, 0.25) is 5.91 Å². The van der Waals surface area contributed by atoms with Gasteiger partial charge in [-0.1, -0.05) is 31.2 Å². The number of pyridine rings is 1. The van der Waals surface area contributed by atoms with Gasteiger partial charge in [-0.3, -0.25) is 14.6 Å². The van der Waals surface area contributed by atoms with E-state index in [1.165, 1.54) is 0 Å². The highest BCUT2D eigenvalue weighted by Gasteiger charge is 2.30. The third kappa shape index (κ3) is 6.84. The smallest absolute Gasteiger partial charge is 0.255 e. The molecular formula is C32H39N5O2. The minimum Gasteiger partial charge on any atom is -0.370 e. The van der Waals surface area contributed by atoms with Crippen LogP contribution in [0.4, 0.5) is 11.4 Å². The van der Waals surface area contributed by atoms with Gasteiger partial charge in [0.15, 0.2) is 0 Å². The minimum absolute atomic E-state index is 0.0489. The topological polar surface area (TPSA) is 91.6 Å². The maximum atomic E-state index is 13.2. The quantitative estimate of drug-likeness (QED) is 0.374. The number of nitrogens with zero attached hydrogens (tertiary/aromatic N) is 3. The normalized spacial score (nSPS) is 15.7. The van der Waals surface area contributed by atoms with Gasteiger partial charge in [-0.15, -0.1) is 0 Å². The van der Waals surface area contributed by atoms with Gasteiger partial charge >= 0.3 is 0 Å². The first-order chi connectivity index (χ1) is 19.0. The Balaban J connectivity index is 1.40. The molecule has 0 unspecified atom stereocenters. The Morgan fingerprint density at radius 2 is 1.82 bits per heavy atom. The molecule has 3 aromatic rings. The molecule has 5 rings (SSSR count). The molecule has 2 aromatic carbocycles. The van der Waals surface area contributed by atoms with Crippen molar-refractivity contribution in [2.75, 3.05) is 36.4 Å². The molecule has 1 aliphatic carbocycles. The fraction of sp³-hybridized carbons (Fsp3) is 0.406. The molecule has 1 saturated heterocycles. The number of carbonyl (C=O) groups is 2. The number of anilines is 2. The predicted octanol–water partition coefficient (Wildman–Crippen LogP) is 5.32. The first-order valence-corrected chi connectivity index (χ1v) is 14.2. The van der Waals surface area contributed by atoms with Crippen LogP contribution in [0.5, 0.6) is 0 Å². The predicted molar refractivity (Wildman–Crippen MR) is 156 cm³/mol. The lowest BCUT2D eigenvalue weighted by Gasteiger charge is -2.33. The summed E-state index contributed by atoms with van der Waals surface area (Å²) in [6.07, 6.45) is 8.28. The lowest BCUT2D eigenvalue weighted by molar-refractivity contribution is -0.117. The van der Waals surface area contributed by atoms with Gasteiger partial charge in [-0.05, 0) is 91.6 Å². The summed E-state index contributed by atoms with van der Waals surface area (Å²) in [4.78, 5) is 34.4. The fourth-order valence-corrected chi connectivity index (χ4v) is 5.20. The molecule has 1 aliphatic heterocycles. The van der Waals surface area contributed by atoms with Crippen molar-refractivity contribution in [3.05, 3.63) is 78.1 Å². The molecule has 0 atom stereocenters. The molecule has 7 nitrogen and oxygen atoms in total. The van der Waals surface area contributed by atoms with Crippen LogP contribution in [0.15, 0.2) is 67.0 Å². The molecule has 204 valence electrons. The van der Waals surface area contributed by atoms with Gasteiger partial charge in [-0.2, -0.15) is 0 Å². The lowest BCUT2D eigenvalue weighted by atomic mass is 9.97. The Morgan fingerprint density at radius 1 is 1.03 bits per heavy atom. The van der Waals surface area contributed by atoms with Crippen molar-refractivity contribution >= 4 is 23.2 Å². The second kappa shape index (κ2) is 12.4. The number of nitrogens with one attached hydrogen (secondary N) is 1. The SMILES string of the molecule is CC1CCN(c2ccc(-c3cccc(CN(CCCN)C(=O)c4cccnc4)c3)cc2NC(=O)C2CC2)CC1. The van der Waals surface area contributed by atoms with E-state index in [9.17, 15) is 9.59 Å². The molecule has 1 aromatic heterocycles. The van der Waals surface area contributed by atoms with E-state index in [0.717, 1.165) is 79.2 Å². The molecule has 2 heterocycles. The fourth-order valence-electron chi connectivity index (χ4n) is 5.20. The average Bonchev–Trinajstić information content (AvgIpc) is 3.82. The zero-order chi connectivity index (χ0) is 27.2. The highest BCUT2D eigenvalue weighted by atomic mass is 16.2. The minimum atomic E-state index is -0.0489. The molecule has 2 amide bonds. The number of carbonyl (C=O) groups excluding carboxylic acids is 2. The summed E-state index contributed by atoms with van der Waals surface area (Å²) < 4.78 is 0. The van der Waals surface area contributed by atoms with Crippen LogP contribution in [0.2, 0.25) is 0 Å². The van der Waals surface area contributed by atoms with Crippen LogP contribution < -0.4 is 16.0 Å². The Bertz CT molecular complexity index is 1280. The van der Waals surface area contributed by atoms with E-state index >= 15 is 0 Å².